The number of thiazole rings is 1. The molecule has 8 nitrogen and oxygen atoms in total. The molecule has 2 aromatic carbocycles. The summed E-state index contributed by atoms with van der Waals surface area (Å²) < 4.78 is 9.23. The zero-order valence-corrected chi connectivity index (χ0v) is 25.9. The highest BCUT2D eigenvalue weighted by Crippen LogP contribution is 2.32. The summed E-state index contributed by atoms with van der Waals surface area (Å²) in [7, 11) is 0. The second kappa shape index (κ2) is 12.1. The van der Waals surface area contributed by atoms with Crippen LogP contribution in [0.4, 0.5) is 0 Å². The molecule has 0 radical (unpaired) electrons. The Kier molecular flexibility index (Phi) is 8.52. The number of hydrogen-bond donors (Lipinski definition) is 0. The number of likely N-dealkylation sites (N-methyl/N-ethyl adjacent to an activating group) is 1. The SMILES string of the molecule is CCOC(=O)Cn1c(C)c(/C=c2/sc3n(c2=O)[C@@H](c2ccc(Cl)cc2)C(C(=O)N(CC)CC)=C(C)N=3)c2ccccc21. The van der Waals surface area contributed by atoms with Gasteiger partial charge in [-0.15, -0.1) is 0 Å². The summed E-state index contributed by atoms with van der Waals surface area (Å²) in [4.78, 5) is 47.4. The minimum atomic E-state index is -0.653. The highest BCUT2D eigenvalue weighted by Gasteiger charge is 2.34. The molecule has 1 aliphatic rings. The van der Waals surface area contributed by atoms with Crippen LogP contribution in [-0.2, 0) is 20.9 Å². The third-order valence-corrected chi connectivity index (χ3v) is 8.87. The molecule has 2 aromatic heterocycles. The lowest BCUT2D eigenvalue weighted by Crippen LogP contribution is -2.43. The lowest BCUT2D eigenvalue weighted by atomic mass is 9.94. The first-order chi connectivity index (χ1) is 20.2. The molecule has 42 heavy (non-hydrogen) atoms. The van der Waals surface area contributed by atoms with Crippen molar-refractivity contribution in [2.45, 2.75) is 47.2 Å². The molecular formula is C32H33ClN4O4S. The number of halogens is 1. The summed E-state index contributed by atoms with van der Waals surface area (Å²) in [5, 5.41) is 1.49. The van der Waals surface area contributed by atoms with Crippen molar-refractivity contribution in [2.75, 3.05) is 19.7 Å². The molecule has 0 unspecified atom stereocenters. The first-order valence-corrected chi connectivity index (χ1v) is 15.2. The number of esters is 1. The Labute approximate surface area is 252 Å². The number of ether oxygens (including phenoxy) is 1. The fourth-order valence-corrected chi connectivity index (χ4v) is 6.70. The molecule has 3 heterocycles. The van der Waals surface area contributed by atoms with Crippen LogP contribution in [0, 0.1) is 6.92 Å². The van der Waals surface area contributed by atoms with E-state index < -0.39 is 6.04 Å². The van der Waals surface area contributed by atoms with Crippen molar-refractivity contribution in [1.82, 2.24) is 14.0 Å². The molecule has 0 N–H and O–H groups in total. The largest absolute Gasteiger partial charge is 0.465 e. The lowest BCUT2D eigenvalue weighted by molar-refractivity contribution is -0.143. The molecule has 218 valence electrons. The van der Waals surface area contributed by atoms with Gasteiger partial charge in [0.15, 0.2) is 4.80 Å². The van der Waals surface area contributed by atoms with E-state index in [1.54, 1.807) is 28.5 Å². The van der Waals surface area contributed by atoms with E-state index in [2.05, 4.69) is 0 Å². The second-order valence-corrected chi connectivity index (χ2v) is 11.5. The van der Waals surface area contributed by atoms with E-state index in [4.69, 9.17) is 21.3 Å². The molecule has 1 atom stereocenters. The number of para-hydroxylation sites is 1. The first-order valence-electron chi connectivity index (χ1n) is 14.0. The molecule has 1 amide bonds. The van der Waals surface area contributed by atoms with Crippen LogP contribution in [0.5, 0.6) is 0 Å². The monoisotopic (exact) mass is 604 g/mol. The summed E-state index contributed by atoms with van der Waals surface area (Å²) in [5.74, 6) is -0.468. The van der Waals surface area contributed by atoms with Gasteiger partial charge in [-0.25, -0.2) is 4.99 Å². The maximum Gasteiger partial charge on any atom is 0.325 e. The molecule has 0 aliphatic carbocycles. The summed E-state index contributed by atoms with van der Waals surface area (Å²) >= 11 is 7.49. The van der Waals surface area contributed by atoms with Crippen LogP contribution in [0.25, 0.3) is 17.0 Å². The maximum absolute atomic E-state index is 14.2. The summed E-state index contributed by atoms with van der Waals surface area (Å²) in [6, 6.07) is 14.4. The first kappa shape index (κ1) is 29.5. The van der Waals surface area contributed by atoms with Gasteiger partial charge in [-0.3, -0.25) is 19.0 Å². The summed E-state index contributed by atoms with van der Waals surface area (Å²) in [6.45, 7) is 10.9. The standard InChI is InChI=1S/C32H33ClN4O4S/c1-6-35(7-2)31(40)28-19(4)34-32-37(29(28)21-13-15-22(33)16-14-21)30(39)26(42-32)17-24-20(5)36(18-27(38)41-8-3)25-12-10-9-11-23(24)25/h9-17,29H,6-8,18H2,1-5H3/b26-17+/t29-/m0/s1. The minimum Gasteiger partial charge on any atom is -0.465 e. The van der Waals surface area contributed by atoms with Gasteiger partial charge < -0.3 is 14.2 Å². The van der Waals surface area contributed by atoms with E-state index in [0.717, 1.165) is 27.7 Å². The highest BCUT2D eigenvalue weighted by atomic mass is 35.5. The maximum atomic E-state index is 14.2. The topological polar surface area (TPSA) is 85.9 Å². The van der Waals surface area contributed by atoms with Crippen LogP contribution in [0.1, 0.15) is 50.6 Å². The van der Waals surface area contributed by atoms with Crippen LogP contribution >= 0.6 is 22.9 Å². The Morgan fingerprint density at radius 3 is 2.43 bits per heavy atom. The van der Waals surface area contributed by atoms with E-state index >= 15 is 0 Å². The van der Waals surface area contributed by atoms with E-state index in [9.17, 15) is 14.4 Å². The predicted octanol–water partition coefficient (Wildman–Crippen LogP) is 4.58. The molecule has 4 aromatic rings. The Morgan fingerprint density at radius 1 is 1.07 bits per heavy atom. The molecule has 0 saturated heterocycles. The summed E-state index contributed by atoms with van der Waals surface area (Å²) in [6.07, 6.45) is 1.87. The average molecular weight is 605 g/mol. The minimum absolute atomic E-state index is 0.0713. The van der Waals surface area contributed by atoms with E-state index in [1.165, 1.54) is 11.3 Å². The van der Waals surface area contributed by atoms with Crippen molar-refractivity contribution in [3.8, 4) is 0 Å². The molecule has 1 aliphatic heterocycles. The van der Waals surface area contributed by atoms with Gasteiger partial charge in [-0.1, -0.05) is 53.3 Å². The fourth-order valence-electron chi connectivity index (χ4n) is 5.55. The van der Waals surface area contributed by atoms with Crippen LogP contribution in [0.3, 0.4) is 0 Å². The second-order valence-electron chi connectivity index (χ2n) is 10.0. The number of aromatic nitrogens is 2. The van der Waals surface area contributed by atoms with Crippen LogP contribution in [0.2, 0.25) is 5.02 Å². The highest BCUT2D eigenvalue weighted by molar-refractivity contribution is 7.07. The number of fused-ring (bicyclic) bond motifs is 2. The number of carbonyl (C=O) groups is 2. The molecule has 0 fully saturated rings. The van der Waals surface area contributed by atoms with Gasteiger partial charge >= 0.3 is 5.97 Å². The third kappa shape index (κ3) is 5.23. The number of hydrogen-bond acceptors (Lipinski definition) is 6. The average Bonchev–Trinajstić information content (AvgIpc) is 3.42. The number of allylic oxidation sites excluding steroid dienone is 1. The van der Waals surface area contributed by atoms with Gasteiger partial charge in [-0.2, -0.15) is 0 Å². The van der Waals surface area contributed by atoms with E-state index in [0.29, 0.717) is 45.3 Å². The Balaban J connectivity index is 1.73. The number of rotatable bonds is 8. The van der Waals surface area contributed by atoms with Gasteiger partial charge in [-0.05, 0) is 64.5 Å². The van der Waals surface area contributed by atoms with Crippen molar-refractivity contribution in [3.05, 3.63) is 101 Å². The third-order valence-electron chi connectivity index (χ3n) is 7.64. The molecule has 0 spiro atoms. The number of benzene rings is 2. The van der Waals surface area contributed by atoms with Gasteiger partial charge in [0.1, 0.15) is 6.54 Å². The van der Waals surface area contributed by atoms with Crippen LogP contribution in [0.15, 0.2) is 69.6 Å². The molecule has 0 saturated carbocycles. The van der Waals surface area contributed by atoms with Crippen LogP contribution in [-0.4, -0.2) is 45.6 Å². The molecule has 0 bridgehead atoms. The van der Waals surface area contributed by atoms with Gasteiger partial charge in [0.05, 0.1) is 28.5 Å². The fraction of sp³-hybridized carbons (Fsp3) is 0.312. The molecule has 10 heteroatoms. The van der Waals surface area contributed by atoms with Crippen molar-refractivity contribution in [1.29, 1.82) is 0 Å². The van der Waals surface area contributed by atoms with Crippen molar-refractivity contribution >= 4 is 51.8 Å². The number of amides is 1. The van der Waals surface area contributed by atoms with Gasteiger partial charge in [0, 0.05) is 40.3 Å². The molecular weight excluding hydrogens is 572 g/mol. The Bertz CT molecular complexity index is 1900. The summed E-state index contributed by atoms with van der Waals surface area (Å²) in [5.41, 5.74) is 4.17. The quantitative estimate of drug-likeness (QED) is 0.276. The Morgan fingerprint density at radius 2 is 1.76 bits per heavy atom. The normalized spacial score (nSPS) is 15.1. The van der Waals surface area contributed by atoms with Gasteiger partial charge in [0.2, 0.25) is 0 Å². The smallest absolute Gasteiger partial charge is 0.325 e. The van der Waals surface area contributed by atoms with Crippen molar-refractivity contribution in [2.24, 2.45) is 4.99 Å². The van der Waals surface area contributed by atoms with E-state index in [1.807, 2.05) is 74.7 Å². The Hall–Kier alpha value is -3.95. The molecule has 5 rings (SSSR count). The predicted molar refractivity (Wildman–Crippen MR) is 166 cm³/mol. The zero-order chi connectivity index (χ0) is 30.1. The van der Waals surface area contributed by atoms with Crippen molar-refractivity contribution < 1.29 is 14.3 Å². The van der Waals surface area contributed by atoms with Crippen molar-refractivity contribution in [3.63, 3.8) is 0 Å². The van der Waals surface area contributed by atoms with Gasteiger partial charge in [0.25, 0.3) is 11.5 Å². The number of carbonyl (C=O) groups excluding carboxylic acids is 2. The number of nitrogens with zero attached hydrogens (tertiary/aromatic N) is 4. The lowest BCUT2D eigenvalue weighted by Gasteiger charge is -2.29. The zero-order valence-electron chi connectivity index (χ0n) is 24.3. The van der Waals surface area contributed by atoms with E-state index in [-0.39, 0.29) is 24.0 Å². The van der Waals surface area contributed by atoms with Crippen LogP contribution < -0.4 is 14.9 Å².